The number of esters is 1. The van der Waals surface area contributed by atoms with Crippen LogP contribution in [0.25, 0.3) is 0 Å². The lowest BCUT2D eigenvalue weighted by Crippen LogP contribution is -2.30. The minimum absolute atomic E-state index is 0.0386. The van der Waals surface area contributed by atoms with E-state index in [4.69, 9.17) is 5.26 Å². The molecular formula is C12H12FNO4. The Morgan fingerprint density at radius 3 is 2.78 bits per heavy atom. The first-order valence-electron chi connectivity index (χ1n) is 5.24. The maximum Gasteiger partial charge on any atom is 0.338 e. The Bertz CT molecular complexity index is 483. The summed E-state index contributed by atoms with van der Waals surface area (Å²) in [5.74, 6) is -1.86. The van der Waals surface area contributed by atoms with Crippen LogP contribution in [-0.4, -0.2) is 28.9 Å². The first-order chi connectivity index (χ1) is 8.52. The maximum absolute atomic E-state index is 13.3. The number of carbonyl (C=O) groups excluding carboxylic acids is 1. The molecule has 0 fully saturated rings. The van der Waals surface area contributed by atoms with Gasteiger partial charge >= 0.3 is 5.97 Å². The zero-order valence-corrected chi connectivity index (χ0v) is 9.63. The van der Waals surface area contributed by atoms with Crippen LogP contribution in [0.4, 0.5) is 4.39 Å². The fourth-order valence-electron chi connectivity index (χ4n) is 1.43. The van der Waals surface area contributed by atoms with Crippen molar-refractivity contribution in [1.29, 1.82) is 5.26 Å². The maximum atomic E-state index is 13.3. The molecule has 0 radical (unpaired) electrons. The molecule has 1 rings (SSSR count). The molecule has 0 saturated heterocycles. The van der Waals surface area contributed by atoms with Crippen LogP contribution in [0, 0.1) is 17.1 Å². The third-order valence-electron chi connectivity index (χ3n) is 2.30. The highest BCUT2D eigenvalue weighted by Crippen LogP contribution is 2.23. The molecule has 0 aliphatic heterocycles. The van der Waals surface area contributed by atoms with Crippen LogP contribution < -0.4 is 0 Å². The van der Waals surface area contributed by atoms with Crippen molar-refractivity contribution >= 4 is 5.97 Å². The van der Waals surface area contributed by atoms with Gasteiger partial charge in [-0.15, -0.1) is 0 Å². The van der Waals surface area contributed by atoms with Gasteiger partial charge in [-0.1, -0.05) is 12.1 Å². The van der Waals surface area contributed by atoms with Gasteiger partial charge in [0.2, 0.25) is 0 Å². The lowest BCUT2D eigenvalue weighted by molar-refractivity contribution is -0.159. The number of hydrogen-bond acceptors (Lipinski definition) is 5. The van der Waals surface area contributed by atoms with Gasteiger partial charge in [-0.05, 0) is 13.0 Å². The Labute approximate surface area is 103 Å². The van der Waals surface area contributed by atoms with Gasteiger partial charge in [0.25, 0.3) is 0 Å². The van der Waals surface area contributed by atoms with E-state index in [0.29, 0.717) is 0 Å². The number of aliphatic hydroxyl groups is 2. The molecule has 6 heteroatoms. The highest BCUT2D eigenvalue weighted by atomic mass is 19.1. The number of halogens is 1. The second-order valence-corrected chi connectivity index (χ2v) is 3.46. The van der Waals surface area contributed by atoms with Crippen LogP contribution in [-0.2, 0) is 9.53 Å². The summed E-state index contributed by atoms with van der Waals surface area (Å²) >= 11 is 0. The molecule has 0 aliphatic rings. The zero-order valence-electron chi connectivity index (χ0n) is 9.63. The smallest absolute Gasteiger partial charge is 0.338 e. The van der Waals surface area contributed by atoms with Gasteiger partial charge < -0.3 is 14.9 Å². The number of nitrogens with zero attached hydrogens (tertiary/aromatic N) is 1. The molecule has 5 nitrogen and oxygen atoms in total. The summed E-state index contributed by atoms with van der Waals surface area (Å²) in [6.45, 7) is 1.58. The molecule has 2 unspecified atom stereocenters. The van der Waals surface area contributed by atoms with Crippen molar-refractivity contribution in [3.63, 3.8) is 0 Å². The number of ether oxygens (including phenoxy) is 1. The number of aliphatic hydroxyl groups excluding tert-OH is 2. The van der Waals surface area contributed by atoms with Crippen molar-refractivity contribution in [2.45, 2.75) is 19.1 Å². The third-order valence-corrected chi connectivity index (χ3v) is 2.30. The predicted octanol–water partition coefficient (Wildman–Crippen LogP) is 0.655. The van der Waals surface area contributed by atoms with Crippen LogP contribution in [0.2, 0.25) is 0 Å². The Morgan fingerprint density at radius 1 is 1.56 bits per heavy atom. The molecule has 18 heavy (non-hydrogen) atoms. The monoisotopic (exact) mass is 253 g/mol. The summed E-state index contributed by atoms with van der Waals surface area (Å²) in [6.07, 6.45) is -3.58. The molecule has 0 aromatic heterocycles. The van der Waals surface area contributed by atoms with Crippen LogP contribution in [0.3, 0.4) is 0 Å². The summed E-state index contributed by atoms with van der Waals surface area (Å²) in [6, 6.07) is 5.15. The second kappa shape index (κ2) is 6.10. The van der Waals surface area contributed by atoms with Crippen molar-refractivity contribution in [2.24, 2.45) is 0 Å². The molecule has 0 amide bonds. The molecule has 0 spiro atoms. The lowest BCUT2D eigenvalue weighted by Gasteiger charge is -2.17. The molecule has 2 atom stereocenters. The minimum Gasteiger partial charge on any atom is -0.464 e. The molecule has 0 bridgehead atoms. The second-order valence-electron chi connectivity index (χ2n) is 3.46. The van der Waals surface area contributed by atoms with Crippen LogP contribution in [0.5, 0.6) is 0 Å². The van der Waals surface area contributed by atoms with E-state index in [1.807, 2.05) is 0 Å². The normalized spacial score (nSPS) is 13.5. The van der Waals surface area contributed by atoms with E-state index in [1.165, 1.54) is 12.1 Å². The van der Waals surface area contributed by atoms with Gasteiger partial charge in [-0.2, -0.15) is 5.26 Å². The van der Waals surface area contributed by atoms with Crippen LogP contribution in [0.15, 0.2) is 18.2 Å². The van der Waals surface area contributed by atoms with E-state index in [-0.39, 0.29) is 12.2 Å². The van der Waals surface area contributed by atoms with Gasteiger partial charge in [0.15, 0.2) is 6.10 Å². The highest BCUT2D eigenvalue weighted by Gasteiger charge is 2.29. The van der Waals surface area contributed by atoms with Gasteiger partial charge in [-0.3, -0.25) is 0 Å². The standard InChI is InChI=1S/C12H12FNO4/c1-2-18-12(17)11(16)10(15)7-4-3-5-9(13)8(7)6-14/h3-5,10-11,15-16H,2H2,1H3. The summed E-state index contributed by atoms with van der Waals surface area (Å²) < 4.78 is 17.8. The third kappa shape index (κ3) is 2.83. The van der Waals surface area contributed by atoms with Gasteiger partial charge in [0.05, 0.1) is 12.2 Å². The molecule has 2 N–H and O–H groups in total. The number of hydrogen-bond donors (Lipinski definition) is 2. The van der Waals surface area contributed by atoms with E-state index in [1.54, 1.807) is 13.0 Å². The summed E-state index contributed by atoms with van der Waals surface area (Å²) in [5, 5.41) is 28.1. The predicted molar refractivity (Wildman–Crippen MR) is 58.7 cm³/mol. The minimum atomic E-state index is -1.86. The fraction of sp³-hybridized carbons (Fsp3) is 0.333. The Balaban J connectivity index is 3.04. The molecule has 0 aliphatic carbocycles. The van der Waals surface area contributed by atoms with E-state index in [9.17, 15) is 19.4 Å². The fourth-order valence-corrected chi connectivity index (χ4v) is 1.43. The van der Waals surface area contributed by atoms with Crippen molar-refractivity contribution in [3.8, 4) is 6.07 Å². The first kappa shape index (κ1) is 14.1. The average molecular weight is 253 g/mol. The van der Waals surface area contributed by atoms with Crippen molar-refractivity contribution in [2.75, 3.05) is 6.61 Å². The number of nitriles is 1. The van der Waals surface area contributed by atoms with E-state index < -0.39 is 29.6 Å². The Hall–Kier alpha value is -1.97. The summed E-state index contributed by atoms with van der Waals surface area (Å²) in [5.41, 5.74) is -0.564. The molecule has 0 heterocycles. The largest absolute Gasteiger partial charge is 0.464 e. The van der Waals surface area contributed by atoms with Crippen molar-refractivity contribution in [1.82, 2.24) is 0 Å². The molecular weight excluding hydrogens is 241 g/mol. The first-order valence-corrected chi connectivity index (χ1v) is 5.24. The topological polar surface area (TPSA) is 90.6 Å². The van der Waals surface area contributed by atoms with E-state index in [0.717, 1.165) is 6.07 Å². The Morgan fingerprint density at radius 2 is 2.22 bits per heavy atom. The zero-order chi connectivity index (χ0) is 13.7. The van der Waals surface area contributed by atoms with Crippen molar-refractivity contribution < 1.29 is 24.1 Å². The van der Waals surface area contributed by atoms with E-state index >= 15 is 0 Å². The van der Waals surface area contributed by atoms with Gasteiger partial charge in [0.1, 0.15) is 18.0 Å². The number of benzene rings is 1. The lowest BCUT2D eigenvalue weighted by atomic mass is 9.99. The molecule has 1 aromatic rings. The highest BCUT2D eigenvalue weighted by molar-refractivity contribution is 5.75. The number of carbonyl (C=O) groups is 1. The average Bonchev–Trinajstić information content (AvgIpc) is 2.37. The number of rotatable bonds is 4. The van der Waals surface area contributed by atoms with Crippen LogP contribution >= 0.6 is 0 Å². The summed E-state index contributed by atoms with van der Waals surface area (Å²) in [7, 11) is 0. The van der Waals surface area contributed by atoms with Crippen molar-refractivity contribution in [3.05, 3.63) is 35.1 Å². The Kier molecular flexibility index (Phi) is 4.77. The quantitative estimate of drug-likeness (QED) is 0.769. The van der Waals surface area contributed by atoms with Crippen LogP contribution in [0.1, 0.15) is 24.2 Å². The van der Waals surface area contributed by atoms with Gasteiger partial charge in [0, 0.05) is 5.56 Å². The molecule has 1 aromatic carbocycles. The molecule has 0 saturated carbocycles. The molecule has 96 valence electrons. The van der Waals surface area contributed by atoms with E-state index in [2.05, 4.69) is 4.74 Å². The SMILES string of the molecule is CCOC(=O)C(O)C(O)c1cccc(F)c1C#N. The van der Waals surface area contributed by atoms with Gasteiger partial charge in [-0.25, -0.2) is 9.18 Å². The summed E-state index contributed by atoms with van der Waals surface area (Å²) in [4.78, 5) is 11.2.